The van der Waals surface area contributed by atoms with Crippen LogP contribution in [0, 0.1) is 0 Å². The molecule has 1 heteroatoms. The molecule has 0 aliphatic rings. The van der Waals surface area contributed by atoms with Crippen LogP contribution in [0.5, 0.6) is 0 Å². The summed E-state index contributed by atoms with van der Waals surface area (Å²) in [4.78, 5) is 4.57. The van der Waals surface area contributed by atoms with Gasteiger partial charge in [-0.15, -0.1) is 0 Å². The zero-order chi connectivity index (χ0) is 15.9. The van der Waals surface area contributed by atoms with Gasteiger partial charge in [-0.2, -0.15) is 0 Å². The van der Waals surface area contributed by atoms with E-state index in [9.17, 15) is 0 Å². The minimum Gasteiger partial charge on any atom is -0.290 e. The van der Waals surface area contributed by atoms with Crippen LogP contribution in [-0.4, -0.2) is 12.3 Å². The number of aliphatic imine (C=N–C) groups is 1. The van der Waals surface area contributed by atoms with E-state index < -0.39 is 0 Å². The van der Waals surface area contributed by atoms with Crippen molar-refractivity contribution in [2.24, 2.45) is 4.99 Å². The summed E-state index contributed by atoms with van der Waals surface area (Å²) in [5.74, 6) is 0. The Hall–Kier alpha value is -1.63. The van der Waals surface area contributed by atoms with Crippen LogP contribution < -0.4 is 0 Å². The van der Waals surface area contributed by atoms with Crippen molar-refractivity contribution in [2.75, 3.05) is 6.54 Å². The fourth-order valence-corrected chi connectivity index (χ4v) is 2.41. The number of unbranched alkanes of at least 4 members (excludes halogenated alkanes) is 5. The van der Waals surface area contributed by atoms with Crippen molar-refractivity contribution in [1.82, 2.24) is 0 Å². The molecule has 1 nitrogen and oxygen atoms in total. The molecule has 0 heterocycles. The minimum atomic E-state index is 0.968. The highest BCUT2D eigenvalue weighted by Crippen LogP contribution is 2.09. The maximum atomic E-state index is 4.57. The third-order valence-corrected chi connectivity index (χ3v) is 3.72. The highest BCUT2D eigenvalue weighted by molar-refractivity contribution is 5.92. The number of nitrogens with zero attached hydrogens (tertiary/aromatic N) is 1. The van der Waals surface area contributed by atoms with E-state index in [1.807, 2.05) is 25.2 Å². The van der Waals surface area contributed by atoms with Gasteiger partial charge in [0.2, 0.25) is 0 Å². The average Bonchev–Trinajstić information content (AvgIpc) is 2.54. The lowest BCUT2D eigenvalue weighted by Crippen LogP contribution is -1.90. The van der Waals surface area contributed by atoms with Gasteiger partial charge < -0.3 is 0 Å². The molecule has 0 radical (unpaired) electrons. The smallest absolute Gasteiger partial charge is 0.0392 e. The summed E-state index contributed by atoms with van der Waals surface area (Å²) >= 11 is 0. The molecule has 0 aliphatic carbocycles. The molecular formula is C21H31N. The Morgan fingerprint density at radius 3 is 2.32 bits per heavy atom. The molecule has 0 bridgehead atoms. The zero-order valence-corrected chi connectivity index (χ0v) is 14.3. The molecule has 0 unspecified atom stereocenters. The van der Waals surface area contributed by atoms with E-state index in [1.54, 1.807) is 0 Å². The average molecular weight is 297 g/mol. The van der Waals surface area contributed by atoms with E-state index in [4.69, 9.17) is 0 Å². The van der Waals surface area contributed by atoms with E-state index in [1.165, 1.54) is 50.5 Å². The van der Waals surface area contributed by atoms with Crippen molar-refractivity contribution >= 4 is 5.71 Å². The SMILES string of the molecule is C/C=C\C=C/C(C)=NCCCCCCCCc1ccccc1. The van der Waals surface area contributed by atoms with Crippen LogP contribution in [0.1, 0.15) is 57.9 Å². The molecule has 0 aliphatic heterocycles. The number of aryl methyl sites for hydroxylation is 1. The molecule has 1 rings (SSSR count). The highest BCUT2D eigenvalue weighted by atomic mass is 14.7. The lowest BCUT2D eigenvalue weighted by molar-refractivity contribution is 0.598. The molecular weight excluding hydrogens is 266 g/mol. The second-order valence-corrected chi connectivity index (χ2v) is 5.76. The quantitative estimate of drug-likeness (QED) is 0.263. The normalized spacial score (nSPS) is 12.5. The first-order valence-corrected chi connectivity index (χ1v) is 8.67. The lowest BCUT2D eigenvalue weighted by atomic mass is 10.1. The Morgan fingerprint density at radius 1 is 0.909 bits per heavy atom. The first-order chi connectivity index (χ1) is 10.8. The van der Waals surface area contributed by atoms with E-state index in [0.29, 0.717) is 0 Å². The van der Waals surface area contributed by atoms with Crippen molar-refractivity contribution in [3.63, 3.8) is 0 Å². The molecule has 1 aromatic rings. The molecule has 0 atom stereocenters. The van der Waals surface area contributed by atoms with Gasteiger partial charge in [0.05, 0.1) is 0 Å². The molecule has 0 aromatic heterocycles. The fraction of sp³-hybridized carbons (Fsp3) is 0.476. The summed E-state index contributed by atoms with van der Waals surface area (Å²) in [7, 11) is 0. The standard InChI is InChI=1S/C21H31N/c1-3-4-10-15-20(2)22-19-14-8-6-5-7-11-16-21-17-12-9-13-18-21/h3-4,9-10,12-13,15,17-18H,5-8,11,14,16,19H2,1-2H3/b4-3-,15-10-,22-20?. The van der Waals surface area contributed by atoms with Crippen LogP contribution >= 0.6 is 0 Å². The van der Waals surface area contributed by atoms with E-state index in [-0.39, 0.29) is 0 Å². The number of hydrogen-bond donors (Lipinski definition) is 0. The highest BCUT2D eigenvalue weighted by Gasteiger charge is 1.94. The summed E-state index contributed by atoms with van der Waals surface area (Å²) in [5.41, 5.74) is 2.60. The van der Waals surface area contributed by atoms with Crippen molar-refractivity contribution in [1.29, 1.82) is 0 Å². The minimum absolute atomic E-state index is 0.968. The van der Waals surface area contributed by atoms with Crippen LogP contribution in [0.25, 0.3) is 0 Å². The Bertz CT molecular complexity index is 454. The summed E-state index contributed by atoms with van der Waals surface area (Å²) < 4.78 is 0. The van der Waals surface area contributed by atoms with Gasteiger partial charge in [0.1, 0.15) is 0 Å². The predicted molar refractivity (Wildman–Crippen MR) is 99.8 cm³/mol. The van der Waals surface area contributed by atoms with Gasteiger partial charge in [0.25, 0.3) is 0 Å². The topological polar surface area (TPSA) is 12.4 Å². The van der Waals surface area contributed by atoms with Crippen molar-refractivity contribution in [3.8, 4) is 0 Å². The number of benzene rings is 1. The van der Waals surface area contributed by atoms with E-state index in [2.05, 4.69) is 48.3 Å². The number of allylic oxidation sites excluding steroid dienone is 4. The Labute approximate surface area is 136 Å². The first-order valence-electron chi connectivity index (χ1n) is 8.67. The number of rotatable bonds is 11. The second-order valence-electron chi connectivity index (χ2n) is 5.76. The van der Waals surface area contributed by atoms with Crippen LogP contribution in [0.2, 0.25) is 0 Å². The predicted octanol–water partition coefficient (Wildman–Crippen LogP) is 6.16. The van der Waals surface area contributed by atoms with Crippen molar-refractivity contribution in [2.45, 2.75) is 58.8 Å². The summed E-state index contributed by atoms with van der Waals surface area (Å²) in [6.45, 7) is 5.07. The monoisotopic (exact) mass is 297 g/mol. The molecule has 0 saturated heterocycles. The van der Waals surface area contributed by atoms with Crippen LogP contribution in [0.15, 0.2) is 59.6 Å². The molecule has 1 aromatic carbocycles. The zero-order valence-electron chi connectivity index (χ0n) is 14.3. The molecule has 120 valence electrons. The van der Waals surface area contributed by atoms with Crippen molar-refractivity contribution < 1.29 is 0 Å². The first kappa shape index (κ1) is 18.4. The van der Waals surface area contributed by atoms with Gasteiger partial charge in [0, 0.05) is 12.3 Å². The molecule has 0 spiro atoms. The van der Waals surface area contributed by atoms with Gasteiger partial charge in [-0.1, -0.05) is 74.2 Å². The molecule has 22 heavy (non-hydrogen) atoms. The van der Waals surface area contributed by atoms with Gasteiger partial charge in [0.15, 0.2) is 0 Å². The Kier molecular flexibility index (Phi) is 10.9. The van der Waals surface area contributed by atoms with Gasteiger partial charge in [-0.3, -0.25) is 4.99 Å². The Morgan fingerprint density at radius 2 is 1.59 bits per heavy atom. The summed E-state index contributed by atoms with van der Waals surface area (Å²) in [6, 6.07) is 10.8. The Balaban J connectivity index is 1.94. The van der Waals surface area contributed by atoms with E-state index in [0.717, 1.165) is 12.3 Å². The number of hydrogen-bond acceptors (Lipinski definition) is 1. The van der Waals surface area contributed by atoms with E-state index >= 15 is 0 Å². The summed E-state index contributed by atoms with van der Waals surface area (Å²) in [5, 5.41) is 0. The molecule has 0 N–H and O–H groups in total. The lowest BCUT2D eigenvalue weighted by Gasteiger charge is -2.02. The second kappa shape index (κ2) is 13.1. The molecule has 0 saturated carbocycles. The molecule has 0 amide bonds. The van der Waals surface area contributed by atoms with Crippen LogP contribution in [0.3, 0.4) is 0 Å². The van der Waals surface area contributed by atoms with Gasteiger partial charge >= 0.3 is 0 Å². The van der Waals surface area contributed by atoms with Gasteiger partial charge in [-0.25, -0.2) is 0 Å². The van der Waals surface area contributed by atoms with Crippen molar-refractivity contribution in [3.05, 3.63) is 60.2 Å². The largest absolute Gasteiger partial charge is 0.290 e. The molecule has 0 fully saturated rings. The maximum Gasteiger partial charge on any atom is 0.0392 e. The van der Waals surface area contributed by atoms with Crippen LogP contribution in [0.4, 0.5) is 0 Å². The van der Waals surface area contributed by atoms with Gasteiger partial charge in [-0.05, 0) is 44.7 Å². The third-order valence-electron chi connectivity index (χ3n) is 3.72. The maximum absolute atomic E-state index is 4.57. The summed E-state index contributed by atoms with van der Waals surface area (Å²) in [6.07, 6.45) is 17.3. The van der Waals surface area contributed by atoms with Crippen LogP contribution in [-0.2, 0) is 6.42 Å². The fourth-order valence-electron chi connectivity index (χ4n) is 2.41. The third kappa shape index (κ3) is 10.1.